The number of carbonyl (C=O) groups excluding carboxylic acids is 1. The Morgan fingerprint density at radius 1 is 1.14 bits per heavy atom. The maximum atomic E-state index is 12.2. The van der Waals surface area contributed by atoms with E-state index in [4.69, 9.17) is 0 Å². The first-order chi connectivity index (χ1) is 13.8. The van der Waals surface area contributed by atoms with Gasteiger partial charge >= 0.3 is 0 Å². The molecule has 0 aliphatic carbocycles. The van der Waals surface area contributed by atoms with Crippen LogP contribution in [0.2, 0.25) is 0 Å². The predicted octanol–water partition coefficient (Wildman–Crippen LogP) is 5.29. The topological polar surface area (TPSA) is 89.5 Å². The molecule has 0 aliphatic rings. The second-order valence-corrected chi connectivity index (χ2v) is 7.93. The Bertz CT molecular complexity index is 1120. The summed E-state index contributed by atoms with van der Waals surface area (Å²) in [6, 6.07) is 13.4. The van der Waals surface area contributed by atoms with E-state index in [0.29, 0.717) is 0 Å². The van der Waals surface area contributed by atoms with Crippen molar-refractivity contribution in [1.82, 2.24) is 9.99 Å². The number of amides is 1. The molecule has 3 rings (SSSR count). The molecule has 9 heteroatoms. The van der Waals surface area contributed by atoms with E-state index in [9.17, 15) is 14.9 Å². The van der Waals surface area contributed by atoms with E-state index in [1.165, 1.54) is 24.3 Å². The average Bonchev–Trinajstić information content (AvgIpc) is 2.92. The van der Waals surface area contributed by atoms with Crippen molar-refractivity contribution in [1.29, 1.82) is 0 Å². The van der Waals surface area contributed by atoms with Crippen LogP contribution in [0.15, 0.2) is 62.6 Å². The van der Waals surface area contributed by atoms with Crippen molar-refractivity contribution in [2.24, 2.45) is 5.10 Å². The number of nitrogens with one attached hydrogen (secondary N) is 1. The SMILES string of the molecule is Cc1c(Br)c(/C=N\NC(=O)c2cccc([N+](=O)[O-])c2)c(C)n1-c1ccc(Br)cc1. The summed E-state index contributed by atoms with van der Waals surface area (Å²) in [6.45, 7) is 3.95. The maximum Gasteiger partial charge on any atom is 0.271 e. The zero-order valence-electron chi connectivity index (χ0n) is 15.5. The van der Waals surface area contributed by atoms with E-state index in [2.05, 4.69) is 47.0 Å². The third kappa shape index (κ3) is 4.46. The molecule has 1 N–H and O–H groups in total. The van der Waals surface area contributed by atoms with Crippen LogP contribution in [0, 0.1) is 24.0 Å². The standard InChI is InChI=1S/C20H16Br2N4O3/c1-12-18(19(22)13(2)25(12)16-8-6-15(21)7-9-16)11-23-24-20(27)14-4-3-5-17(10-14)26(28)29/h3-11H,1-2H3,(H,24,27)/b23-11-. The summed E-state index contributed by atoms with van der Waals surface area (Å²) in [5.74, 6) is -0.525. The minimum Gasteiger partial charge on any atom is -0.317 e. The van der Waals surface area contributed by atoms with Crippen molar-refractivity contribution < 1.29 is 9.72 Å². The Hall–Kier alpha value is -2.78. The number of non-ortho nitro benzene ring substituents is 1. The molecular weight excluding hydrogens is 504 g/mol. The van der Waals surface area contributed by atoms with Gasteiger partial charge in [0.15, 0.2) is 0 Å². The van der Waals surface area contributed by atoms with Gasteiger partial charge in [0.1, 0.15) is 0 Å². The largest absolute Gasteiger partial charge is 0.317 e. The number of hydrazone groups is 1. The molecule has 0 radical (unpaired) electrons. The van der Waals surface area contributed by atoms with Crippen molar-refractivity contribution in [3.8, 4) is 5.69 Å². The smallest absolute Gasteiger partial charge is 0.271 e. The number of halogens is 2. The van der Waals surface area contributed by atoms with Crippen molar-refractivity contribution in [2.45, 2.75) is 13.8 Å². The summed E-state index contributed by atoms with van der Waals surface area (Å²) in [6.07, 6.45) is 1.55. The molecule has 2 aromatic carbocycles. The monoisotopic (exact) mass is 518 g/mol. The number of aromatic nitrogens is 1. The fourth-order valence-corrected chi connectivity index (χ4v) is 3.76. The molecule has 0 fully saturated rings. The molecule has 0 unspecified atom stereocenters. The number of hydrogen-bond acceptors (Lipinski definition) is 4. The maximum absolute atomic E-state index is 12.2. The van der Waals surface area contributed by atoms with Gasteiger partial charge < -0.3 is 4.57 Å². The number of carbonyl (C=O) groups is 1. The third-order valence-corrected chi connectivity index (χ3v) is 5.91. The molecule has 1 heterocycles. The Labute approximate surface area is 183 Å². The number of hydrogen-bond donors (Lipinski definition) is 1. The van der Waals surface area contributed by atoms with Crippen LogP contribution in [-0.2, 0) is 0 Å². The quantitative estimate of drug-likeness (QED) is 0.282. The van der Waals surface area contributed by atoms with E-state index in [1.807, 2.05) is 38.1 Å². The molecule has 0 spiro atoms. The zero-order valence-corrected chi connectivity index (χ0v) is 18.7. The molecule has 0 bridgehead atoms. The molecule has 7 nitrogen and oxygen atoms in total. The van der Waals surface area contributed by atoms with Gasteiger partial charge in [-0.3, -0.25) is 14.9 Å². The van der Waals surface area contributed by atoms with E-state index in [0.717, 1.165) is 31.6 Å². The lowest BCUT2D eigenvalue weighted by atomic mass is 10.2. The molecule has 1 aromatic heterocycles. The van der Waals surface area contributed by atoms with Gasteiger partial charge in [-0.1, -0.05) is 22.0 Å². The molecule has 3 aromatic rings. The van der Waals surface area contributed by atoms with Gasteiger partial charge in [0.05, 0.1) is 11.1 Å². The summed E-state index contributed by atoms with van der Waals surface area (Å²) >= 11 is 7.03. The molecule has 29 heavy (non-hydrogen) atoms. The second-order valence-electron chi connectivity index (χ2n) is 6.22. The lowest BCUT2D eigenvalue weighted by molar-refractivity contribution is -0.384. The Kier molecular flexibility index (Phi) is 6.29. The number of benzene rings is 2. The summed E-state index contributed by atoms with van der Waals surface area (Å²) in [5, 5.41) is 14.9. The lowest BCUT2D eigenvalue weighted by Crippen LogP contribution is -2.17. The van der Waals surface area contributed by atoms with Crippen LogP contribution in [0.4, 0.5) is 5.69 Å². The van der Waals surface area contributed by atoms with Crippen LogP contribution in [0.3, 0.4) is 0 Å². The minimum absolute atomic E-state index is 0.151. The van der Waals surface area contributed by atoms with E-state index < -0.39 is 10.8 Å². The first kappa shape index (κ1) is 20.9. The van der Waals surface area contributed by atoms with E-state index in [1.54, 1.807) is 6.21 Å². The summed E-state index contributed by atoms with van der Waals surface area (Å²) in [5.41, 5.74) is 6.20. The predicted molar refractivity (Wildman–Crippen MR) is 119 cm³/mol. The van der Waals surface area contributed by atoms with Crippen LogP contribution >= 0.6 is 31.9 Å². The van der Waals surface area contributed by atoms with E-state index in [-0.39, 0.29) is 11.3 Å². The van der Waals surface area contributed by atoms with Gasteiger partial charge in [0, 0.05) is 49.3 Å². The summed E-state index contributed by atoms with van der Waals surface area (Å²) in [7, 11) is 0. The van der Waals surface area contributed by atoms with Crippen LogP contribution in [0.1, 0.15) is 27.3 Å². The molecular formula is C20H16Br2N4O3. The highest BCUT2D eigenvalue weighted by atomic mass is 79.9. The first-order valence-electron chi connectivity index (χ1n) is 8.50. The van der Waals surface area contributed by atoms with Crippen molar-refractivity contribution >= 4 is 49.7 Å². The Morgan fingerprint density at radius 3 is 2.48 bits per heavy atom. The highest BCUT2D eigenvalue weighted by Gasteiger charge is 2.16. The van der Waals surface area contributed by atoms with E-state index >= 15 is 0 Å². The molecule has 0 saturated heterocycles. The van der Waals surface area contributed by atoms with Crippen molar-refractivity contribution in [3.63, 3.8) is 0 Å². The average molecular weight is 520 g/mol. The van der Waals surface area contributed by atoms with Gasteiger partial charge in [-0.2, -0.15) is 5.10 Å². The van der Waals surface area contributed by atoms with Gasteiger partial charge in [-0.25, -0.2) is 5.43 Å². The highest BCUT2D eigenvalue weighted by molar-refractivity contribution is 9.10. The van der Waals surface area contributed by atoms with Gasteiger partial charge in [-0.05, 0) is 60.1 Å². The Morgan fingerprint density at radius 2 is 1.83 bits per heavy atom. The van der Waals surface area contributed by atoms with Gasteiger partial charge in [-0.15, -0.1) is 0 Å². The van der Waals surface area contributed by atoms with Gasteiger partial charge in [0.2, 0.25) is 0 Å². The normalized spacial score (nSPS) is 11.0. The highest BCUT2D eigenvalue weighted by Crippen LogP contribution is 2.30. The molecule has 0 saturated carbocycles. The molecule has 0 atom stereocenters. The minimum atomic E-state index is -0.547. The zero-order chi connectivity index (χ0) is 21.1. The third-order valence-electron chi connectivity index (χ3n) is 4.38. The number of nitro benzene ring substituents is 1. The first-order valence-corrected chi connectivity index (χ1v) is 10.1. The molecule has 148 valence electrons. The fraction of sp³-hybridized carbons (Fsp3) is 0.100. The number of nitrogens with zero attached hydrogens (tertiary/aromatic N) is 3. The summed E-state index contributed by atoms with van der Waals surface area (Å²) < 4.78 is 3.94. The lowest BCUT2D eigenvalue weighted by Gasteiger charge is -2.09. The Balaban J connectivity index is 1.83. The van der Waals surface area contributed by atoms with Crippen molar-refractivity contribution in [2.75, 3.05) is 0 Å². The number of nitro groups is 1. The summed E-state index contributed by atoms with van der Waals surface area (Å²) in [4.78, 5) is 22.5. The fourth-order valence-electron chi connectivity index (χ4n) is 2.93. The van der Waals surface area contributed by atoms with Crippen LogP contribution in [0.25, 0.3) is 5.69 Å². The number of rotatable bonds is 5. The molecule has 0 aliphatic heterocycles. The van der Waals surface area contributed by atoms with Crippen LogP contribution in [0.5, 0.6) is 0 Å². The van der Waals surface area contributed by atoms with Crippen molar-refractivity contribution in [3.05, 3.63) is 90.1 Å². The van der Waals surface area contributed by atoms with Crippen LogP contribution in [-0.4, -0.2) is 21.6 Å². The van der Waals surface area contributed by atoms with Gasteiger partial charge in [0.25, 0.3) is 11.6 Å². The van der Waals surface area contributed by atoms with Crippen LogP contribution < -0.4 is 5.43 Å². The molecule has 1 amide bonds. The second kappa shape index (κ2) is 8.71.